The molecule has 11 heteroatoms. The highest BCUT2D eigenvalue weighted by atomic mass is 16.2. The van der Waals surface area contributed by atoms with Crippen LogP contribution in [0.1, 0.15) is 23.7 Å². The Morgan fingerprint density at radius 2 is 1.94 bits per heavy atom. The number of anilines is 1. The number of aromatic amines is 1. The first kappa shape index (κ1) is 22.0. The number of hydrogen-bond acceptors (Lipinski definition) is 7. The fourth-order valence-electron chi connectivity index (χ4n) is 3.84. The summed E-state index contributed by atoms with van der Waals surface area (Å²) in [5.74, 6) is 6.53. The van der Waals surface area contributed by atoms with Crippen LogP contribution in [0.25, 0.3) is 44.7 Å². The summed E-state index contributed by atoms with van der Waals surface area (Å²) in [5.41, 5.74) is 4.77. The summed E-state index contributed by atoms with van der Waals surface area (Å²) in [5, 5.41) is 10.9. The summed E-state index contributed by atoms with van der Waals surface area (Å²) in [6.07, 6.45) is 5.36. The molecule has 0 aliphatic rings. The number of nitrogens with one attached hydrogen (secondary N) is 2. The molecule has 0 radical (unpaired) electrons. The summed E-state index contributed by atoms with van der Waals surface area (Å²) in [4.78, 5) is 39.4. The zero-order valence-electron chi connectivity index (χ0n) is 19.4. The number of benzene rings is 1. The Morgan fingerprint density at radius 3 is 2.71 bits per heavy atom. The first-order valence-electron chi connectivity index (χ1n) is 10.9. The van der Waals surface area contributed by atoms with E-state index in [1.165, 1.54) is 9.58 Å². The van der Waals surface area contributed by atoms with Crippen molar-refractivity contribution in [3.8, 4) is 22.6 Å². The normalized spacial score (nSPS) is 11.2. The number of para-hydroxylation sites is 1. The fraction of sp³-hybridized carbons (Fsp3) is 0.167. The molecule has 1 aromatic carbocycles. The van der Waals surface area contributed by atoms with Crippen molar-refractivity contribution in [3.63, 3.8) is 0 Å². The maximum absolute atomic E-state index is 12.7. The van der Waals surface area contributed by atoms with Crippen LogP contribution < -0.4 is 11.2 Å². The summed E-state index contributed by atoms with van der Waals surface area (Å²) in [6, 6.07) is 9.04. The second-order valence-electron chi connectivity index (χ2n) is 8.23. The molecule has 35 heavy (non-hydrogen) atoms. The van der Waals surface area contributed by atoms with E-state index in [0.717, 1.165) is 11.1 Å². The number of nitrogens with two attached hydrogens (primary N) is 1. The molecule has 176 valence electrons. The second-order valence-corrected chi connectivity index (χ2v) is 8.23. The topological polar surface area (TPSA) is 148 Å². The Labute approximate surface area is 200 Å². The average molecular weight is 470 g/mol. The molecule has 0 saturated heterocycles. The lowest BCUT2D eigenvalue weighted by molar-refractivity contribution is -0.115. The molecule has 0 fully saturated rings. The summed E-state index contributed by atoms with van der Waals surface area (Å²) in [7, 11) is 3.38. The third-order valence-electron chi connectivity index (χ3n) is 5.66. The molecule has 5 rings (SSSR count). The molecule has 0 unspecified atom stereocenters. The molecule has 0 atom stereocenters. The predicted molar refractivity (Wildman–Crippen MR) is 133 cm³/mol. The number of carbonyl (C=O) groups excluding carboxylic acids is 2. The Bertz CT molecular complexity index is 1600. The van der Waals surface area contributed by atoms with E-state index in [2.05, 4.69) is 30.5 Å². The van der Waals surface area contributed by atoms with Crippen molar-refractivity contribution in [1.82, 2.24) is 34.7 Å². The number of aromatic nitrogens is 6. The molecule has 4 aromatic heterocycles. The number of H-pyrrole nitrogens is 1. The second kappa shape index (κ2) is 8.52. The van der Waals surface area contributed by atoms with Gasteiger partial charge in [-0.1, -0.05) is 13.0 Å². The van der Waals surface area contributed by atoms with Gasteiger partial charge in [-0.3, -0.25) is 19.7 Å². The van der Waals surface area contributed by atoms with Crippen molar-refractivity contribution >= 4 is 39.6 Å². The molecule has 0 saturated carbocycles. The van der Waals surface area contributed by atoms with Gasteiger partial charge in [-0.15, -0.1) is 0 Å². The molecule has 4 N–H and O–H groups in total. The molecule has 5 aromatic rings. The number of imidazole rings is 1. The van der Waals surface area contributed by atoms with Crippen LogP contribution in [0.4, 0.5) is 5.69 Å². The zero-order valence-corrected chi connectivity index (χ0v) is 19.4. The number of pyridine rings is 2. The van der Waals surface area contributed by atoms with Gasteiger partial charge in [-0.2, -0.15) is 5.10 Å². The number of carbonyl (C=O) groups is 2. The van der Waals surface area contributed by atoms with Crippen molar-refractivity contribution in [2.45, 2.75) is 13.3 Å². The molecule has 2 amide bonds. The number of fused-ring (bicyclic) bond motifs is 2. The van der Waals surface area contributed by atoms with E-state index < -0.39 is 0 Å². The molecule has 4 heterocycles. The highest BCUT2D eigenvalue weighted by molar-refractivity contribution is 6.06. The number of amides is 2. The molecule has 0 bridgehead atoms. The van der Waals surface area contributed by atoms with E-state index >= 15 is 0 Å². The van der Waals surface area contributed by atoms with Crippen molar-refractivity contribution < 1.29 is 9.59 Å². The standard InChI is InChI=1S/C24H23N9O2/c1-4-19(34)28-15-8-13(10-26-12-15)14-9-17-21(30-31-22(17)27-11-14)23-29-20-16(24(35)32(2)3)6-5-7-18(20)33(23)25/h5-12H,4,25H2,1-3H3,(H,28,34)(H,27,30,31). The Morgan fingerprint density at radius 1 is 1.14 bits per heavy atom. The third-order valence-corrected chi connectivity index (χ3v) is 5.66. The molecular formula is C24H23N9O2. The van der Waals surface area contributed by atoms with Gasteiger partial charge in [0.15, 0.2) is 11.5 Å². The van der Waals surface area contributed by atoms with Gasteiger partial charge in [-0.25, -0.2) is 14.6 Å². The van der Waals surface area contributed by atoms with Gasteiger partial charge in [0, 0.05) is 44.0 Å². The smallest absolute Gasteiger partial charge is 0.255 e. The van der Waals surface area contributed by atoms with Crippen LogP contribution in [-0.4, -0.2) is 60.6 Å². The number of rotatable bonds is 5. The van der Waals surface area contributed by atoms with E-state index in [-0.39, 0.29) is 11.8 Å². The first-order chi connectivity index (χ1) is 16.9. The molecule has 0 aliphatic carbocycles. The van der Waals surface area contributed by atoms with Gasteiger partial charge in [0.05, 0.1) is 28.4 Å². The van der Waals surface area contributed by atoms with E-state index in [0.29, 0.717) is 51.3 Å². The van der Waals surface area contributed by atoms with Crippen molar-refractivity contribution in [2.24, 2.45) is 0 Å². The maximum Gasteiger partial charge on any atom is 0.255 e. The highest BCUT2D eigenvalue weighted by Crippen LogP contribution is 2.31. The lowest BCUT2D eigenvalue weighted by Crippen LogP contribution is -2.22. The minimum absolute atomic E-state index is 0.0939. The molecule has 11 nitrogen and oxygen atoms in total. The van der Waals surface area contributed by atoms with Crippen LogP contribution in [-0.2, 0) is 4.79 Å². The van der Waals surface area contributed by atoms with Crippen LogP contribution >= 0.6 is 0 Å². The van der Waals surface area contributed by atoms with Crippen LogP contribution in [0.3, 0.4) is 0 Å². The molecule has 0 aliphatic heterocycles. The summed E-state index contributed by atoms with van der Waals surface area (Å²) < 4.78 is 1.42. The summed E-state index contributed by atoms with van der Waals surface area (Å²) >= 11 is 0. The SMILES string of the molecule is CCC(=O)Nc1cncc(-c2cnc3[nH]nc(-c4nc5c(C(=O)N(C)C)cccc5n4N)c3c2)c1. The highest BCUT2D eigenvalue weighted by Gasteiger charge is 2.21. The van der Waals surface area contributed by atoms with Crippen LogP contribution in [0, 0.1) is 0 Å². The number of hydrogen-bond donors (Lipinski definition) is 3. The van der Waals surface area contributed by atoms with Crippen LogP contribution in [0.5, 0.6) is 0 Å². The van der Waals surface area contributed by atoms with Gasteiger partial charge in [-0.05, 0) is 24.3 Å². The van der Waals surface area contributed by atoms with E-state index in [4.69, 9.17) is 5.84 Å². The van der Waals surface area contributed by atoms with E-state index in [1.54, 1.807) is 57.8 Å². The first-order valence-corrected chi connectivity index (χ1v) is 10.9. The van der Waals surface area contributed by atoms with Gasteiger partial charge in [0.2, 0.25) is 5.91 Å². The monoisotopic (exact) mass is 469 g/mol. The van der Waals surface area contributed by atoms with Gasteiger partial charge >= 0.3 is 0 Å². The fourth-order valence-corrected chi connectivity index (χ4v) is 3.84. The minimum atomic E-state index is -0.168. The predicted octanol–water partition coefficient (Wildman–Crippen LogP) is 2.80. The van der Waals surface area contributed by atoms with Gasteiger partial charge in [0.1, 0.15) is 11.2 Å². The average Bonchev–Trinajstić information content (AvgIpc) is 3.43. The minimum Gasteiger partial charge on any atom is -0.345 e. The lowest BCUT2D eigenvalue weighted by atomic mass is 10.1. The Balaban J connectivity index is 1.62. The third kappa shape index (κ3) is 3.82. The van der Waals surface area contributed by atoms with Gasteiger partial charge in [0.25, 0.3) is 5.91 Å². The quantitative estimate of drug-likeness (QED) is 0.335. The van der Waals surface area contributed by atoms with Gasteiger partial charge < -0.3 is 16.1 Å². The van der Waals surface area contributed by atoms with Crippen LogP contribution in [0.2, 0.25) is 0 Å². The Kier molecular flexibility index (Phi) is 5.36. The maximum atomic E-state index is 12.7. The van der Waals surface area contributed by atoms with Crippen molar-refractivity contribution in [3.05, 3.63) is 54.5 Å². The van der Waals surface area contributed by atoms with Crippen molar-refractivity contribution in [1.29, 1.82) is 0 Å². The van der Waals surface area contributed by atoms with E-state index in [1.807, 2.05) is 12.1 Å². The van der Waals surface area contributed by atoms with Crippen molar-refractivity contribution in [2.75, 3.05) is 25.3 Å². The number of nitrogen functional groups attached to an aromatic ring is 1. The Hall–Kier alpha value is -4.80. The molecular weight excluding hydrogens is 446 g/mol. The van der Waals surface area contributed by atoms with E-state index in [9.17, 15) is 9.59 Å². The summed E-state index contributed by atoms with van der Waals surface area (Å²) in [6.45, 7) is 1.79. The zero-order chi connectivity index (χ0) is 24.7. The number of nitrogens with zero attached hydrogens (tertiary/aromatic N) is 6. The van der Waals surface area contributed by atoms with Crippen LogP contribution in [0.15, 0.2) is 48.9 Å². The molecule has 0 spiro atoms. The lowest BCUT2D eigenvalue weighted by Gasteiger charge is -2.10. The largest absolute Gasteiger partial charge is 0.345 e.